The number of carbonyl (C=O) groups excluding carboxylic acids is 2. The van der Waals surface area contributed by atoms with E-state index in [2.05, 4.69) is 17.1 Å². The summed E-state index contributed by atoms with van der Waals surface area (Å²) in [4.78, 5) is 27.0. The van der Waals surface area contributed by atoms with Crippen LogP contribution in [-0.2, 0) is 14.9 Å². The maximum Gasteiger partial charge on any atom is 0.319 e. The van der Waals surface area contributed by atoms with E-state index >= 15 is 0 Å². The first-order valence-electron chi connectivity index (χ1n) is 8.76. The van der Waals surface area contributed by atoms with Gasteiger partial charge < -0.3 is 9.64 Å². The van der Waals surface area contributed by atoms with Gasteiger partial charge in [0.1, 0.15) is 11.0 Å². The van der Waals surface area contributed by atoms with Crippen LogP contribution in [0, 0.1) is 0 Å². The Balaban J connectivity index is 2.57. The SMILES string of the molecule is CC(=O)c1ccc(C2(C(=O)OC(C)(C)C)CCC=CC2N(C)C)cc1. The van der Waals surface area contributed by atoms with Crippen molar-refractivity contribution in [2.45, 2.75) is 57.6 Å². The van der Waals surface area contributed by atoms with Gasteiger partial charge in [0.25, 0.3) is 0 Å². The number of allylic oxidation sites excluding steroid dienone is 1. The lowest BCUT2D eigenvalue weighted by molar-refractivity contribution is -0.165. The Morgan fingerprint density at radius 1 is 1.16 bits per heavy atom. The average molecular weight is 343 g/mol. The van der Waals surface area contributed by atoms with Crippen molar-refractivity contribution in [3.8, 4) is 0 Å². The maximum atomic E-state index is 13.3. The van der Waals surface area contributed by atoms with Crippen LogP contribution >= 0.6 is 0 Å². The van der Waals surface area contributed by atoms with Crippen molar-refractivity contribution < 1.29 is 14.3 Å². The van der Waals surface area contributed by atoms with Crippen molar-refractivity contribution in [1.82, 2.24) is 4.90 Å². The van der Waals surface area contributed by atoms with Crippen molar-refractivity contribution in [2.24, 2.45) is 0 Å². The number of esters is 1. The van der Waals surface area contributed by atoms with E-state index in [1.54, 1.807) is 19.1 Å². The lowest BCUT2D eigenvalue weighted by atomic mass is 9.67. The molecule has 2 atom stereocenters. The third-order valence-electron chi connectivity index (χ3n) is 4.65. The number of nitrogens with zero attached hydrogens (tertiary/aromatic N) is 1. The van der Waals surface area contributed by atoms with Gasteiger partial charge in [-0.2, -0.15) is 0 Å². The minimum absolute atomic E-state index is 0.0190. The molecule has 0 saturated carbocycles. The molecule has 0 saturated heterocycles. The third-order valence-corrected chi connectivity index (χ3v) is 4.65. The highest BCUT2D eigenvalue weighted by molar-refractivity contribution is 5.94. The fourth-order valence-electron chi connectivity index (χ4n) is 3.49. The largest absolute Gasteiger partial charge is 0.459 e. The second-order valence-electron chi connectivity index (χ2n) is 7.98. The molecule has 4 heteroatoms. The Labute approximate surface area is 150 Å². The van der Waals surface area contributed by atoms with Gasteiger partial charge in [-0.3, -0.25) is 9.59 Å². The summed E-state index contributed by atoms with van der Waals surface area (Å²) >= 11 is 0. The highest BCUT2D eigenvalue weighted by Gasteiger charge is 2.50. The maximum absolute atomic E-state index is 13.3. The summed E-state index contributed by atoms with van der Waals surface area (Å²) in [7, 11) is 3.95. The first-order valence-corrected chi connectivity index (χ1v) is 8.76. The summed E-state index contributed by atoms with van der Waals surface area (Å²) < 4.78 is 5.83. The van der Waals surface area contributed by atoms with Crippen molar-refractivity contribution in [3.05, 3.63) is 47.5 Å². The molecule has 0 bridgehead atoms. The molecule has 0 N–H and O–H groups in total. The topological polar surface area (TPSA) is 46.6 Å². The standard InChI is InChI=1S/C21H29NO3/c1-15(23)16-10-12-17(13-11-16)21(19(24)25-20(2,3)4)14-8-7-9-18(21)22(5)6/h7,9-13,18H,8,14H2,1-6H3. The number of benzene rings is 1. The predicted octanol–water partition coefficient (Wildman–Crippen LogP) is 3.75. The van der Waals surface area contributed by atoms with Crippen LogP contribution in [0.15, 0.2) is 36.4 Å². The molecule has 0 fully saturated rings. The van der Waals surface area contributed by atoms with Gasteiger partial charge in [0.2, 0.25) is 0 Å². The predicted molar refractivity (Wildman–Crippen MR) is 99.8 cm³/mol. The summed E-state index contributed by atoms with van der Waals surface area (Å²) in [5.74, 6) is -0.191. The average Bonchev–Trinajstić information content (AvgIpc) is 2.53. The number of likely N-dealkylation sites (N-methyl/N-ethyl adjacent to an activating group) is 1. The van der Waals surface area contributed by atoms with Crippen molar-refractivity contribution in [2.75, 3.05) is 14.1 Å². The Hall–Kier alpha value is -1.94. The lowest BCUT2D eigenvalue weighted by Gasteiger charge is -2.44. The third kappa shape index (κ3) is 4.01. The quantitative estimate of drug-likeness (QED) is 0.474. The number of rotatable bonds is 4. The van der Waals surface area contributed by atoms with E-state index in [1.807, 2.05) is 47.0 Å². The van der Waals surface area contributed by atoms with Crippen LogP contribution in [0.5, 0.6) is 0 Å². The molecule has 0 spiro atoms. The first kappa shape index (κ1) is 19.4. The van der Waals surface area contributed by atoms with Gasteiger partial charge >= 0.3 is 5.97 Å². The van der Waals surface area contributed by atoms with E-state index in [0.717, 1.165) is 12.0 Å². The molecule has 2 unspecified atom stereocenters. The van der Waals surface area contributed by atoms with Crippen LogP contribution in [0.25, 0.3) is 0 Å². The zero-order valence-corrected chi connectivity index (χ0v) is 16.1. The molecule has 1 aliphatic rings. The second kappa shape index (κ2) is 7.12. The van der Waals surface area contributed by atoms with Gasteiger partial charge in [0.15, 0.2) is 5.78 Å². The molecule has 1 aromatic rings. The molecule has 4 nitrogen and oxygen atoms in total. The molecular formula is C21H29NO3. The fourth-order valence-corrected chi connectivity index (χ4v) is 3.49. The van der Waals surface area contributed by atoms with E-state index in [-0.39, 0.29) is 17.8 Å². The first-order chi connectivity index (χ1) is 11.6. The van der Waals surface area contributed by atoms with Gasteiger partial charge in [-0.05, 0) is 60.2 Å². The number of Topliss-reactive ketones (excluding diaryl/α,β-unsaturated/α-hetero) is 1. The molecule has 0 aromatic heterocycles. The van der Waals surface area contributed by atoms with Gasteiger partial charge in [-0.1, -0.05) is 36.4 Å². The van der Waals surface area contributed by atoms with Gasteiger partial charge in [-0.15, -0.1) is 0 Å². The second-order valence-corrected chi connectivity index (χ2v) is 7.98. The van der Waals surface area contributed by atoms with Crippen molar-refractivity contribution in [3.63, 3.8) is 0 Å². The molecule has 1 aromatic carbocycles. The molecule has 0 amide bonds. The monoisotopic (exact) mass is 343 g/mol. The Kier molecular flexibility index (Phi) is 5.52. The van der Waals surface area contributed by atoms with Crippen molar-refractivity contribution >= 4 is 11.8 Å². The zero-order chi connectivity index (χ0) is 18.8. The summed E-state index contributed by atoms with van der Waals surface area (Å²) in [5, 5.41) is 0. The molecule has 0 radical (unpaired) electrons. The van der Waals surface area contributed by atoms with E-state index < -0.39 is 11.0 Å². The molecule has 0 aliphatic heterocycles. The molecular weight excluding hydrogens is 314 g/mol. The van der Waals surface area contributed by atoms with Crippen LogP contribution in [0.3, 0.4) is 0 Å². The van der Waals surface area contributed by atoms with E-state index in [4.69, 9.17) is 4.74 Å². The van der Waals surface area contributed by atoms with Crippen LogP contribution in [-0.4, -0.2) is 42.4 Å². The van der Waals surface area contributed by atoms with Gasteiger partial charge in [-0.25, -0.2) is 0 Å². The molecule has 2 rings (SSSR count). The summed E-state index contributed by atoms with van der Waals surface area (Å²) in [6, 6.07) is 7.30. The molecule has 0 heterocycles. The Morgan fingerprint density at radius 2 is 1.76 bits per heavy atom. The number of hydrogen-bond donors (Lipinski definition) is 0. The molecule has 136 valence electrons. The Bertz CT molecular complexity index is 667. The fraction of sp³-hybridized carbons (Fsp3) is 0.524. The highest BCUT2D eigenvalue weighted by atomic mass is 16.6. The molecule has 1 aliphatic carbocycles. The summed E-state index contributed by atoms with van der Waals surface area (Å²) in [6.07, 6.45) is 5.71. The summed E-state index contributed by atoms with van der Waals surface area (Å²) in [5.41, 5.74) is 0.216. The van der Waals surface area contributed by atoms with Crippen molar-refractivity contribution in [1.29, 1.82) is 0 Å². The number of carbonyl (C=O) groups is 2. The summed E-state index contributed by atoms with van der Waals surface area (Å²) in [6.45, 7) is 7.22. The van der Waals surface area contributed by atoms with Crippen LogP contribution in [0.1, 0.15) is 56.5 Å². The van der Waals surface area contributed by atoms with Gasteiger partial charge in [0.05, 0.1) is 0 Å². The lowest BCUT2D eigenvalue weighted by Crippen LogP contribution is -2.55. The minimum Gasteiger partial charge on any atom is -0.459 e. The number of ether oxygens (including phenoxy) is 1. The smallest absolute Gasteiger partial charge is 0.319 e. The van der Waals surface area contributed by atoms with E-state index in [1.165, 1.54) is 0 Å². The molecule has 25 heavy (non-hydrogen) atoms. The minimum atomic E-state index is -0.777. The van der Waals surface area contributed by atoms with Crippen LogP contribution < -0.4 is 0 Å². The Morgan fingerprint density at radius 3 is 2.24 bits per heavy atom. The van der Waals surface area contributed by atoms with Crippen LogP contribution in [0.2, 0.25) is 0 Å². The normalized spacial score (nSPS) is 23.6. The van der Waals surface area contributed by atoms with E-state index in [9.17, 15) is 9.59 Å². The zero-order valence-electron chi connectivity index (χ0n) is 16.1. The highest BCUT2D eigenvalue weighted by Crippen LogP contribution is 2.41. The van der Waals surface area contributed by atoms with E-state index in [0.29, 0.717) is 12.0 Å². The number of hydrogen-bond acceptors (Lipinski definition) is 4. The van der Waals surface area contributed by atoms with Crippen LogP contribution in [0.4, 0.5) is 0 Å². The number of ketones is 1. The van der Waals surface area contributed by atoms with Gasteiger partial charge in [0, 0.05) is 11.6 Å².